The van der Waals surface area contributed by atoms with Crippen molar-refractivity contribution < 1.29 is 18.0 Å². The molecular formula is C20H22F3N3O2. The van der Waals surface area contributed by atoms with E-state index in [9.17, 15) is 22.8 Å². The first kappa shape index (κ1) is 20.0. The molecule has 1 aromatic heterocycles. The quantitative estimate of drug-likeness (QED) is 0.861. The SMILES string of the molecule is Cc1cc(=O)cc(C)n1CC(=O)Nc1cc(C(F)(F)F)ccc1N1CCCC1. The Morgan fingerprint density at radius 3 is 2.25 bits per heavy atom. The molecule has 1 amide bonds. The Bertz CT molecular complexity index is 918. The van der Waals surface area contributed by atoms with Crippen molar-refractivity contribution in [2.24, 2.45) is 0 Å². The van der Waals surface area contributed by atoms with Gasteiger partial charge in [-0.25, -0.2) is 0 Å². The molecule has 8 heteroatoms. The molecule has 2 aromatic rings. The number of nitrogens with zero attached hydrogens (tertiary/aromatic N) is 2. The highest BCUT2D eigenvalue weighted by atomic mass is 19.4. The van der Waals surface area contributed by atoms with E-state index in [1.165, 1.54) is 18.2 Å². The number of aryl methyl sites for hydroxylation is 2. The van der Waals surface area contributed by atoms with Gasteiger partial charge in [-0.15, -0.1) is 0 Å². The Kier molecular flexibility index (Phi) is 5.49. The number of rotatable bonds is 4. The van der Waals surface area contributed by atoms with Crippen LogP contribution < -0.4 is 15.6 Å². The average molecular weight is 393 g/mol. The summed E-state index contributed by atoms with van der Waals surface area (Å²) in [5, 5.41) is 2.64. The lowest BCUT2D eigenvalue weighted by atomic mass is 10.1. The average Bonchev–Trinajstić information content (AvgIpc) is 3.11. The number of pyridine rings is 1. The summed E-state index contributed by atoms with van der Waals surface area (Å²) in [6.45, 7) is 4.81. The Hall–Kier alpha value is -2.77. The Balaban J connectivity index is 1.89. The highest BCUT2D eigenvalue weighted by Crippen LogP contribution is 2.36. The van der Waals surface area contributed by atoms with Gasteiger partial charge in [-0.3, -0.25) is 9.59 Å². The molecule has 0 unspecified atom stereocenters. The van der Waals surface area contributed by atoms with E-state index >= 15 is 0 Å². The molecule has 150 valence electrons. The first-order valence-electron chi connectivity index (χ1n) is 9.09. The zero-order chi connectivity index (χ0) is 20.5. The highest BCUT2D eigenvalue weighted by Gasteiger charge is 2.32. The van der Waals surface area contributed by atoms with Crippen LogP contribution in [-0.2, 0) is 17.5 Å². The molecule has 1 fully saturated rings. The Labute approximate surface area is 160 Å². The van der Waals surface area contributed by atoms with Gasteiger partial charge in [-0.05, 0) is 44.9 Å². The molecule has 0 atom stereocenters. The molecule has 1 aliphatic heterocycles. The maximum atomic E-state index is 13.1. The summed E-state index contributed by atoms with van der Waals surface area (Å²) >= 11 is 0. The van der Waals surface area contributed by atoms with E-state index in [1.807, 2.05) is 4.90 Å². The third-order valence-corrected chi connectivity index (χ3v) is 4.90. The molecule has 3 rings (SSSR count). The monoisotopic (exact) mass is 393 g/mol. The zero-order valence-corrected chi connectivity index (χ0v) is 15.8. The van der Waals surface area contributed by atoms with E-state index in [0.717, 1.165) is 38.1 Å². The number of carbonyl (C=O) groups excluding carboxylic acids is 1. The molecule has 0 radical (unpaired) electrons. The second-order valence-corrected chi connectivity index (χ2v) is 7.03. The summed E-state index contributed by atoms with van der Waals surface area (Å²) in [6, 6.07) is 6.27. The molecule has 0 saturated carbocycles. The lowest BCUT2D eigenvalue weighted by molar-refractivity contribution is -0.137. The van der Waals surface area contributed by atoms with Crippen LogP contribution in [0, 0.1) is 13.8 Å². The van der Waals surface area contributed by atoms with Crippen LogP contribution >= 0.6 is 0 Å². The van der Waals surface area contributed by atoms with E-state index < -0.39 is 17.6 Å². The third kappa shape index (κ3) is 4.37. The van der Waals surface area contributed by atoms with Crippen LogP contribution in [-0.4, -0.2) is 23.6 Å². The number of aromatic nitrogens is 1. The molecule has 28 heavy (non-hydrogen) atoms. The van der Waals surface area contributed by atoms with Crippen LogP contribution in [0.15, 0.2) is 35.1 Å². The maximum absolute atomic E-state index is 13.1. The van der Waals surface area contributed by atoms with Crippen molar-refractivity contribution in [3.05, 3.63) is 57.5 Å². The van der Waals surface area contributed by atoms with E-state index in [0.29, 0.717) is 17.1 Å². The number of benzene rings is 1. The van der Waals surface area contributed by atoms with Crippen molar-refractivity contribution in [1.29, 1.82) is 0 Å². The van der Waals surface area contributed by atoms with Crippen molar-refractivity contribution in [2.45, 2.75) is 39.4 Å². The van der Waals surface area contributed by atoms with E-state index in [-0.39, 0.29) is 17.7 Å². The van der Waals surface area contributed by atoms with E-state index in [4.69, 9.17) is 0 Å². The second kappa shape index (κ2) is 7.69. The lowest BCUT2D eigenvalue weighted by Crippen LogP contribution is -2.25. The number of hydrogen-bond acceptors (Lipinski definition) is 3. The van der Waals surface area contributed by atoms with Crippen LogP contribution in [0.3, 0.4) is 0 Å². The normalized spacial score (nSPS) is 14.4. The summed E-state index contributed by atoms with van der Waals surface area (Å²) in [4.78, 5) is 26.1. The summed E-state index contributed by atoms with van der Waals surface area (Å²) in [5.41, 5.74) is 1.01. The van der Waals surface area contributed by atoms with Crippen LogP contribution in [0.5, 0.6) is 0 Å². The molecular weight excluding hydrogens is 371 g/mol. The van der Waals surface area contributed by atoms with Gasteiger partial charge in [0.2, 0.25) is 5.91 Å². The van der Waals surface area contributed by atoms with Gasteiger partial charge < -0.3 is 14.8 Å². The fraction of sp³-hybridized carbons (Fsp3) is 0.400. The number of halogens is 3. The number of carbonyl (C=O) groups is 1. The first-order chi connectivity index (χ1) is 13.1. The van der Waals surface area contributed by atoms with Crippen LogP contribution in [0.4, 0.5) is 24.5 Å². The number of nitrogens with one attached hydrogen (secondary N) is 1. The predicted molar refractivity (Wildman–Crippen MR) is 102 cm³/mol. The second-order valence-electron chi connectivity index (χ2n) is 7.03. The highest BCUT2D eigenvalue weighted by molar-refractivity contribution is 5.94. The van der Waals surface area contributed by atoms with Gasteiger partial charge in [0.05, 0.1) is 16.9 Å². The third-order valence-electron chi connectivity index (χ3n) is 4.90. The smallest absolute Gasteiger partial charge is 0.370 e. The van der Waals surface area contributed by atoms with Gasteiger partial charge in [0.15, 0.2) is 5.43 Å². The Morgan fingerprint density at radius 2 is 1.68 bits per heavy atom. The maximum Gasteiger partial charge on any atom is 0.416 e. The van der Waals surface area contributed by atoms with Crippen LogP contribution in [0.1, 0.15) is 29.8 Å². The summed E-state index contributed by atoms with van der Waals surface area (Å²) in [5.74, 6) is -0.449. The summed E-state index contributed by atoms with van der Waals surface area (Å²) in [7, 11) is 0. The van der Waals surface area contributed by atoms with E-state index in [1.54, 1.807) is 18.4 Å². The molecule has 1 N–H and O–H groups in total. The Morgan fingerprint density at radius 1 is 1.07 bits per heavy atom. The number of anilines is 2. The molecule has 2 heterocycles. The molecule has 0 aliphatic carbocycles. The summed E-state index contributed by atoms with van der Waals surface area (Å²) in [6.07, 6.45) is -2.57. The van der Waals surface area contributed by atoms with Crippen molar-refractivity contribution in [3.8, 4) is 0 Å². The van der Waals surface area contributed by atoms with E-state index in [2.05, 4.69) is 5.32 Å². The zero-order valence-electron chi connectivity index (χ0n) is 15.8. The van der Waals surface area contributed by atoms with Gasteiger partial charge in [-0.2, -0.15) is 13.2 Å². The van der Waals surface area contributed by atoms with Crippen LogP contribution in [0.25, 0.3) is 0 Å². The fourth-order valence-corrected chi connectivity index (χ4v) is 3.52. The van der Waals surface area contributed by atoms with Gasteiger partial charge in [0.1, 0.15) is 6.54 Å². The molecule has 0 bridgehead atoms. The summed E-state index contributed by atoms with van der Waals surface area (Å²) < 4.78 is 41.1. The van der Waals surface area contributed by atoms with Crippen molar-refractivity contribution in [2.75, 3.05) is 23.3 Å². The number of hydrogen-bond donors (Lipinski definition) is 1. The van der Waals surface area contributed by atoms with Gasteiger partial charge >= 0.3 is 6.18 Å². The molecule has 1 saturated heterocycles. The predicted octanol–water partition coefficient (Wildman–Crippen LogP) is 3.72. The fourth-order valence-electron chi connectivity index (χ4n) is 3.52. The van der Waals surface area contributed by atoms with Crippen molar-refractivity contribution >= 4 is 17.3 Å². The van der Waals surface area contributed by atoms with Gasteiger partial charge in [-0.1, -0.05) is 0 Å². The van der Waals surface area contributed by atoms with Crippen molar-refractivity contribution in [3.63, 3.8) is 0 Å². The van der Waals surface area contributed by atoms with Gasteiger partial charge in [0.25, 0.3) is 0 Å². The topological polar surface area (TPSA) is 54.3 Å². The lowest BCUT2D eigenvalue weighted by Gasteiger charge is -2.23. The minimum absolute atomic E-state index is 0.0897. The van der Waals surface area contributed by atoms with Gasteiger partial charge in [0, 0.05) is 36.6 Å². The largest absolute Gasteiger partial charge is 0.416 e. The van der Waals surface area contributed by atoms with Crippen molar-refractivity contribution in [1.82, 2.24) is 4.57 Å². The minimum atomic E-state index is -4.49. The van der Waals surface area contributed by atoms with Crippen LogP contribution in [0.2, 0.25) is 0 Å². The minimum Gasteiger partial charge on any atom is -0.370 e. The number of alkyl halides is 3. The molecule has 0 spiro atoms. The molecule has 1 aromatic carbocycles. The molecule has 5 nitrogen and oxygen atoms in total. The number of amides is 1. The molecule has 1 aliphatic rings. The standard InChI is InChI=1S/C20H22F3N3O2/c1-13-9-16(27)10-14(2)26(13)12-19(28)24-17-11-15(20(21,22)23)5-6-18(17)25-7-3-4-8-25/h5-6,9-11H,3-4,7-8,12H2,1-2H3,(H,24,28). The first-order valence-corrected chi connectivity index (χ1v) is 9.09.